The Hall–Kier alpha value is -4.04. The third kappa shape index (κ3) is 5.16. The Morgan fingerprint density at radius 2 is 1.59 bits per heavy atom. The number of carbonyl (C=O) groups is 2. The summed E-state index contributed by atoms with van der Waals surface area (Å²) < 4.78 is 5.16. The first-order chi connectivity index (χ1) is 15.6. The molecule has 0 aliphatic carbocycles. The van der Waals surface area contributed by atoms with Gasteiger partial charge in [0.05, 0.1) is 24.8 Å². The number of para-hydroxylation sites is 1. The van der Waals surface area contributed by atoms with Crippen LogP contribution in [0.4, 0.5) is 10.8 Å². The Labute approximate surface area is 189 Å². The fraction of sp³-hybridized carbons (Fsp3) is 0.0833. The van der Waals surface area contributed by atoms with Gasteiger partial charge in [0, 0.05) is 5.56 Å². The lowest BCUT2D eigenvalue weighted by Crippen LogP contribution is -2.19. The topological polar surface area (TPSA) is 93.2 Å². The van der Waals surface area contributed by atoms with Gasteiger partial charge in [0.2, 0.25) is 11.0 Å². The van der Waals surface area contributed by atoms with Gasteiger partial charge in [0.1, 0.15) is 10.8 Å². The quantitative estimate of drug-likeness (QED) is 0.433. The van der Waals surface area contributed by atoms with E-state index >= 15 is 0 Å². The smallest absolute Gasteiger partial charge is 0.259 e. The Morgan fingerprint density at radius 1 is 0.875 bits per heavy atom. The lowest BCUT2D eigenvalue weighted by Gasteiger charge is -2.10. The zero-order valence-electron chi connectivity index (χ0n) is 17.2. The van der Waals surface area contributed by atoms with E-state index in [1.54, 1.807) is 31.4 Å². The van der Waals surface area contributed by atoms with Gasteiger partial charge in [-0.15, -0.1) is 10.2 Å². The molecule has 1 aromatic heterocycles. The largest absolute Gasteiger partial charge is 0.497 e. The van der Waals surface area contributed by atoms with E-state index in [9.17, 15) is 9.59 Å². The van der Waals surface area contributed by atoms with Gasteiger partial charge in [-0.05, 0) is 42.0 Å². The Kier molecular flexibility index (Phi) is 6.52. The second-order valence-corrected chi connectivity index (χ2v) is 7.83. The van der Waals surface area contributed by atoms with Crippen LogP contribution in [0.15, 0.2) is 78.9 Å². The average molecular weight is 445 g/mol. The predicted molar refractivity (Wildman–Crippen MR) is 125 cm³/mol. The molecule has 32 heavy (non-hydrogen) atoms. The molecule has 0 spiro atoms. The highest BCUT2D eigenvalue weighted by atomic mass is 32.1. The first-order valence-corrected chi connectivity index (χ1v) is 10.7. The number of ether oxygens (including phenoxy) is 1. The molecule has 0 radical (unpaired) electrons. The number of benzene rings is 3. The molecule has 0 aliphatic rings. The number of carbonyl (C=O) groups excluding carboxylic acids is 2. The lowest BCUT2D eigenvalue weighted by atomic mass is 10.1. The maximum Gasteiger partial charge on any atom is 0.259 e. The highest BCUT2D eigenvalue weighted by Crippen LogP contribution is 2.28. The van der Waals surface area contributed by atoms with Gasteiger partial charge in [0.25, 0.3) is 5.91 Å². The molecule has 0 saturated carbocycles. The van der Waals surface area contributed by atoms with Crippen molar-refractivity contribution in [3.05, 3.63) is 90.0 Å². The zero-order chi connectivity index (χ0) is 22.3. The Morgan fingerprint density at radius 3 is 2.34 bits per heavy atom. The Balaban J connectivity index is 1.45. The summed E-state index contributed by atoms with van der Waals surface area (Å²) in [4.78, 5) is 25.3. The third-order valence-electron chi connectivity index (χ3n) is 4.64. The molecule has 1 heterocycles. The van der Waals surface area contributed by atoms with Crippen molar-refractivity contribution in [2.24, 2.45) is 0 Å². The summed E-state index contributed by atoms with van der Waals surface area (Å²) in [7, 11) is 1.61. The molecule has 4 aromatic rings. The first-order valence-electron chi connectivity index (χ1n) is 9.84. The molecule has 3 aromatic carbocycles. The van der Waals surface area contributed by atoms with Crippen LogP contribution in [0.3, 0.4) is 0 Å². The van der Waals surface area contributed by atoms with Gasteiger partial charge in [-0.1, -0.05) is 53.8 Å². The molecule has 0 bridgehead atoms. The van der Waals surface area contributed by atoms with E-state index in [1.807, 2.05) is 54.6 Å². The number of anilines is 2. The molecule has 7 nitrogen and oxygen atoms in total. The van der Waals surface area contributed by atoms with E-state index in [2.05, 4.69) is 20.8 Å². The van der Waals surface area contributed by atoms with Gasteiger partial charge in [-0.2, -0.15) is 0 Å². The van der Waals surface area contributed by atoms with Gasteiger partial charge in [-0.25, -0.2) is 0 Å². The van der Waals surface area contributed by atoms with Crippen molar-refractivity contribution in [3.63, 3.8) is 0 Å². The van der Waals surface area contributed by atoms with Gasteiger partial charge >= 0.3 is 0 Å². The summed E-state index contributed by atoms with van der Waals surface area (Å²) in [6.07, 6.45) is 0.221. The molecule has 0 fully saturated rings. The molecule has 2 amide bonds. The molecular formula is C24H20N4O3S. The first kappa shape index (κ1) is 21.2. The second kappa shape index (κ2) is 9.84. The van der Waals surface area contributed by atoms with Crippen molar-refractivity contribution >= 4 is 34.0 Å². The van der Waals surface area contributed by atoms with Crippen molar-refractivity contribution in [2.45, 2.75) is 6.42 Å². The van der Waals surface area contributed by atoms with Crippen molar-refractivity contribution in [1.29, 1.82) is 0 Å². The van der Waals surface area contributed by atoms with E-state index in [0.29, 0.717) is 21.4 Å². The Bertz CT molecular complexity index is 1220. The number of methoxy groups -OCH3 is 1. The van der Waals surface area contributed by atoms with E-state index in [0.717, 1.165) is 16.9 Å². The van der Waals surface area contributed by atoms with Crippen LogP contribution in [0.2, 0.25) is 0 Å². The van der Waals surface area contributed by atoms with Crippen LogP contribution in [0.5, 0.6) is 5.75 Å². The van der Waals surface area contributed by atoms with E-state index in [1.165, 1.54) is 11.3 Å². The van der Waals surface area contributed by atoms with Crippen LogP contribution in [0.25, 0.3) is 10.6 Å². The standard InChI is InChI=1S/C24H20N4O3S/c1-31-18-13-11-17(12-14-18)23-27-28-24(32-23)26-22(30)19-9-5-6-10-20(19)25-21(29)15-16-7-3-2-4-8-16/h2-14H,15H2,1H3,(H,25,29)(H,26,28,30). The van der Waals surface area contributed by atoms with Gasteiger partial charge in [0.15, 0.2) is 0 Å². The van der Waals surface area contributed by atoms with E-state index < -0.39 is 0 Å². The van der Waals surface area contributed by atoms with Crippen LogP contribution in [-0.4, -0.2) is 29.1 Å². The molecule has 2 N–H and O–H groups in total. The maximum atomic E-state index is 12.9. The summed E-state index contributed by atoms with van der Waals surface area (Å²) in [6, 6.07) is 23.7. The number of amides is 2. The number of rotatable bonds is 7. The summed E-state index contributed by atoms with van der Waals surface area (Å²) in [5, 5.41) is 14.8. The molecular weight excluding hydrogens is 424 g/mol. The van der Waals surface area contributed by atoms with Crippen molar-refractivity contribution < 1.29 is 14.3 Å². The van der Waals surface area contributed by atoms with Crippen LogP contribution < -0.4 is 15.4 Å². The number of hydrogen-bond donors (Lipinski definition) is 2. The van der Waals surface area contributed by atoms with Crippen LogP contribution in [0.1, 0.15) is 15.9 Å². The highest BCUT2D eigenvalue weighted by molar-refractivity contribution is 7.18. The van der Waals surface area contributed by atoms with Gasteiger partial charge in [-0.3, -0.25) is 14.9 Å². The SMILES string of the molecule is COc1ccc(-c2nnc(NC(=O)c3ccccc3NC(=O)Cc3ccccc3)s2)cc1. The molecule has 160 valence electrons. The van der Waals surface area contributed by atoms with Crippen molar-refractivity contribution in [3.8, 4) is 16.3 Å². The summed E-state index contributed by atoms with van der Waals surface area (Å²) >= 11 is 1.26. The van der Waals surface area contributed by atoms with Crippen molar-refractivity contribution in [1.82, 2.24) is 10.2 Å². The minimum Gasteiger partial charge on any atom is -0.497 e. The van der Waals surface area contributed by atoms with Crippen LogP contribution in [0, 0.1) is 0 Å². The molecule has 4 rings (SSSR count). The van der Waals surface area contributed by atoms with E-state index in [-0.39, 0.29) is 18.2 Å². The van der Waals surface area contributed by atoms with Crippen LogP contribution in [-0.2, 0) is 11.2 Å². The summed E-state index contributed by atoms with van der Waals surface area (Å²) in [5.41, 5.74) is 2.55. The molecule has 0 saturated heterocycles. The lowest BCUT2D eigenvalue weighted by molar-refractivity contribution is -0.115. The highest BCUT2D eigenvalue weighted by Gasteiger charge is 2.16. The fourth-order valence-corrected chi connectivity index (χ4v) is 3.80. The molecule has 0 aliphatic heterocycles. The fourth-order valence-electron chi connectivity index (χ4n) is 3.05. The maximum absolute atomic E-state index is 12.9. The number of nitrogens with zero attached hydrogens (tertiary/aromatic N) is 2. The van der Waals surface area contributed by atoms with Crippen LogP contribution >= 0.6 is 11.3 Å². The van der Waals surface area contributed by atoms with Crippen molar-refractivity contribution in [2.75, 3.05) is 17.7 Å². The summed E-state index contributed by atoms with van der Waals surface area (Å²) in [5.74, 6) is 0.171. The molecule has 0 atom stereocenters. The monoisotopic (exact) mass is 444 g/mol. The van der Waals surface area contributed by atoms with Gasteiger partial charge < -0.3 is 10.1 Å². The molecule has 8 heteroatoms. The summed E-state index contributed by atoms with van der Waals surface area (Å²) in [6.45, 7) is 0. The zero-order valence-corrected chi connectivity index (χ0v) is 18.1. The average Bonchev–Trinajstić information content (AvgIpc) is 3.28. The number of hydrogen-bond acceptors (Lipinski definition) is 6. The molecule has 0 unspecified atom stereocenters. The minimum absolute atomic E-state index is 0.200. The van der Waals surface area contributed by atoms with E-state index in [4.69, 9.17) is 4.74 Å². The number of nitrogens with one attached hydrogen (secondary N) is 2. The normalized spacial score (nSPS) is 10.4. The predicted octanol–water partition coefficient (Wildman–Crippen LogP) is 4.65. The third-order valence-corrected chi connectivity index (χ3v) is 5.52. The second-order valence-electron chi connectivity index (χ2n) is 6.85. The minimum atomic E-state index is -0.377. The number of aromatic nitrogens is 2.